The van der Waals surface area contributed by atoms with Gasteiger partial charge in [0.15, 0.2) is 0 Å². The Morgan fingerprint density at radius 3 is 3.22 bits per heavy atom. The van der Waals surface area contributed by atoms with Gasteiger partial charge in [-0.25, -0.2) is 9.98 Å². The first kappa shape index (κ1) is 6.20. The molecule has 0 unspecified atom stereocenters. The molecule has 1 heterocycles. The average Bonchev–Trinajstić information content (AvgIpc) is 1.79. The average molecular weight is 122 g/mol. The van der Waals surface area contributed by atoms with E-state index >= 15 is 0 Å². The van der Waals surface area contributed by atoms with Gasteiger partial charge in [-0.15, -0.1) is 0 Å². The van der Waals surface area contributed by atoms with E-state index in [1.54, 1.807) is 6.34 Å². The monoisotopic (exact) mass is 122 g/mol. The first-order chi connectivity index (χ1) is 4.39. The Bertz CT molecular complexity index is 166. The van der Waals surface area contributed by atoms with Crippen LogP contribution in [0.25, 0.3) is 0 Å². The number of rotatable bonds is 0. The molecule has 0 saturated heterocycles. The van der Waals surface area contributed by atoms with Crippen molar-refractivity contribution in [2.24, 2.45) is 9.98 Å². The zero-order valence-electron chi connectivity index (χ0n) is 5.54. The van der Waals surface area contributed by atoms with Gasteiger partial charge in [0.05, 0.1) is 0 Å². The summed E-state index contributed by atoms with van der Waals surface area (Å²) in [4.78, 5) is 7.95. The highest BCUT2D eigenvalue weighted by molar-refractivity contribution is 5.73. The standard InChI is InChI=1S/C7H10N2/c1-7-4-2-3-5-8-6-9-7/h4-6H,2-3H2,1H3/b7-4-,8-5+,9-6-. The lowest BCUT2D eigenvalue weighted by Gasteiger charge is -1.92. The molecule has 0 aromatic carbocycles. The van der Waals surface area contributed by atoms with Crippen molar-refractivity contribution in [3.63, 3.8) is 0 Å². The van der Waals surface area contributed by atoms with Crippen LogP contribution in [-0.4, -0.2) is 12.6 Å². The van der Waals surface area contributed by atoms with Crippen molar-refractivity contribution in [3.05, 3.63) is 11.8 Å². The Kier molecular flexibility index (Phi) is 2.19. The molecule has 1 aliphatic heterocycles. The summed E-state index contributed by atoms with van der Waals surface area (Å²) in [6, 6.07) is 0. The van der Waals surface area contributed by atoms with Gasteiger partial charge in [0, 0.05) is 11.9 Å². The minimum atomic E-state index is 1.03. The predicted octanol–water partition coefficient (Wildman–Crippen LogP) is 1.78. The van der Waals surface area contributed by atoms with Crippen LogP contribution in [0.3, 0.4) is 0 Å². The summed E-state index contributed by atoms with van der Waals surface area (Å²) in [5.41, 5.74) is 1.06. The molecule has 0 spiro atoms. The third-order valence-electron chi connectivity index (χ3n) is 1.17. The van der Waals surface area contributed by atoms with Crippen molar-refractivity contribution >= 4 is 12.6 Å². The van der Waals surface area contributed by atoms with E-state index in [1.807, 2.05) is 13.1 Å². The second-order valence-electron chi connectivity index (χ2n) is 2.00. The van der Waals surface area contributed by atoms with Crippen LogP contribution in [0.1, 0.15) is 19.8 Å². The lowest BCUT2D eigenvalue weighted by molar-refractivity contribution is 1.07. The lowest BCUT2D eigenvalue weighted by Crippen LogP contribution is -1.81. The zero-order chi connectivity index (χ0) is 6.53. The number of nitrogens with zero attached hydrogens (tertiary/aromatic N) is 2. The number of aliphatic imine (C=N–C) groups is 2. The molecule has 0 saturated carbocycles. The van der Waals surface area contributed by atoms with E-state index in [1.165, 1.54) is 0 Å². The maximum absolute atomic E-state index is 4.02. The van der Waals surface area contributed by atoms with Crippen molar-refractivity contribution in [2.75, 3.05) is 0 Å². The van der Waals surface area contributed by atoms with E-state index in [9.17, 15) is 0 Å². The van der Waals surface area contributed by atoms with E-state index in [0.29, 0.717) is 0 Å². The molecule has 2 nitrogen and oxygen atoms in total. The molecule has 0 aromatic heterocycles. The minimum absolute atomic E-state index is 1.03. The SMILES string of the molecule is CC1=C/CC/C=N/C=N\1. The summed E-state index contributed by atoms with van der Waals surface area (Å²) in [5.74, 6) is 0. The summed E-state index contributed by atoms with van der Waals surface area (Å²) < 4.78 is 0. The molecular formula is C7H10N2. The molecule has 1 aliphatic rings. The lowest BCUT2D eigenvalue weighted by atomic mass is 10.3. The maximum atomic E-state index is 4.02. The van der Waals surface area contributed by atoms with Gasteiger partial charge in [-0.2, -0.15) is 0 Å². The predicted molar refractivity (Wildman–Crippen MR) is 40.0 cm³/mol. The smallest absolute Gasteiger partial charge is 0.115 e. The Balaban J connectivity index is 2.64. The molecule has 48 valence electrons. The van der Waals surface area contributed by atoms with Crippen molar-refractivity contribution in [1.29, 1.82) is 0 Å². The van der Waals surface area contributed by atoms with E-state index < -0.39 is 0 Å². The molecule has 0 amide bonds. The fourth-order valence-corrected chi connectivity index (χ4v) is 0.666. The van der Waals surface area contributed by atoms with Crippen LogP contribution in [0.2, 0.25) is 0 Å². The van der Waals surface area contributed by atoms with Crippen LogP contribution in [0.5, 0.6) is 0 Å². The molecule has 0 N–H and O–H groups in total. The minimum Gasteiger partial charge on any atom is -0.249 e. The van der Waals surface area contributed by atoms with E-state index in [0.717, 1.165) is 18.5 Å². The van der Waals surface area contributed by atoms with Crippen LogP contribution in [0, 0.1) is 0 Å². The molecule has 0 aliphatic carbocycles. The first-order valence-corrected chi connectivity index (χ1v) is 3.10. The summed E-state index contributed by atoms with van der Waals surface area (Å²) in [6.45, 7) is 1.98. The zero-order valence-corrected chi connectivity index (χ0v) is 5.54. The van der Waals surface area contributed by atoms with Gasteiger partial charge in [0.2, 0.25) is 0 Å². The van der Waals surface area contributed by atoms with Gasteiger partial charge >= 0.3 is 0 Å². The molecule has 0 fully saturated rings. The van der Waals surface area contributed by atoms with Gasteiger partial charge in [-0.05, 0) is 19.8 Å². The van der Waals surface area contributed by atoms with E-state index in [2.05, 4.69) is 16.1 Å². The Labute approximate surface area is 55.0 Å². The molecule has 1 rings (SSSR count). The summed E-state index contributed by atoms with van der Waals surface area (Å²) >= 11 is 0. The number of hydrogen-bond acceptors (Lipinski definition) is 2. The molecule has 2 heteroatoms. The van der Waals surface area contributed by atoms with E-state index in [4.69, 9.17) is 0 Å². The number of hydrogen-bond donors (Lipinski definition) is 0. The molecular weight excluding hydrogens is 112 g/mol. The quantitative estimate of drug-likeness (QED) is 0.468. The molecule has 0 radical (unpaired) electrons. The van der Waals surface area contributed by atoms with Gasteiger partial charge in [-0.1, -0.05) is 6.08 Å². The molecule has 9 heavy (non-hydrogen) atoms. The van der Waals surface area contributed by atoms with Gasteiger partial charge in [0.1, 0.15) is 6.34 Å². The third kappa shape index (κ3) is 2.22. The van der Waals surface area contributed by atoms with Crippen LogP contribution in [-0.2, 0) is 0 Å². The number of allylic oxidation sites excluding steroid dienone is 2. The van der Waals surface area contributed by atoms with Crippen molar-refractivity contribution < 1.29 is 0 Å². The van der Waals surface area contributed by atoms with Crippen LogP contribution >= 0.6 is 0 Å². The largest absolute Gasteiger partial charge is 0.249 e. The van der Waals surface area contributed by atoms with E-state index in [-0.39, 0.29) is 0 Å². The summed E-state index contributed by atoms with van der Waals surface area (Å²) in [7, 11) is 0. The topological polar surface area (TPSA) is 24.7 Å². The molecule has 0 bridgehead atoms. The van der Waals surface area contributed by atoms with Crippen LogP contribution in [0.4, 0.5) is 0 Å². The van der Waals surface area contributed by atoms with Gasteiger partial charge in [-0.3, -0.25) is 0 Å². The fourth-order valence-electron chi connectivity index (χ4n) is 0.666. The van der Waals surface area contributed by atoms with Crippen molar-refractivity contribution in [2.45, 2.75) is 19.8 Å². The molecule has 0 atom stereocenters. The van der Waals surface area contributed by atoms with Crippen LogP contribution < -0.4 is 0 Å². The van der Waals surface area contributed by atoms with Crippen LogP contribution in [0.15, 0.2) is 21.8 Å². The Morgan fingerprint density at radius 2 is 2.33 bits per heavy atom. The summed E-state index contributed by atoms with van der Waals surface area (Å²) in [6.07, 6.45) is 7.68. The normalized spacial score (nSPS) is 31.4. The highest BCUT2D eigenvalue weighted by Crippen LogP contribution is 1.99. The third-order valence-corrected chi connectivity index (χ3v) is 1.17. The first-order valence-electron chi connectivity index (χ1n) is 3.10. The second kappa shape index (κ2) is 3.17. The molecule has 0 aromatic rings. The van der Waals surface area contributed by atoms with Gasteiger partial charge < -0.3 is 0 Å². The Hall–Kier alpha value is -0.920. The highest BCUT2D eigenvalue weighted by Gasteiger charge is 1.84. The van der Waals surface area contributed by atoms with Gasteiger partial charge in [0.25, 0.3) is 0 Å². The maximum Gasteiger partial charge on any atom is 0.115 e. The van der Waals surface area contributed by atoms with Crippen molar-refractivity contribution in [3.8, 4) is 0 Å². The Morgan fingerprint density at radius 1 is 1.44 bits per heavy atom. The second-order valence-corrected chi connectivity index (χ2v) is 2.00. The summed E-state index contributed by atoms with van der Waals surface area (Å²) in [5, 5.41) is 0. The van der Waals surface area contributed by atoms with Crippen molar-refractivity contribution in [1.82, 2.24) is 0 Å². The highest BCUT2D eigenvalue weighted by atomic mass is 14.9. The fraction of sp³-hybridized carbons (Fsp3) is 0.429.